The standard InChI is InChI=1S/C27H41NO12/c1-17(2)22(29)36-13-20(35-9)14-38-24(31)19(5)12-27(6,7)25(32)39-16-21(15-37-23(30)18(3)4)40-26(33)28-10-11-34-8/h20-21H,1,3,5,10-16H2,2,4,6-9H3,(H,28,33). The van der Waals surface area contributed by atoms with Gasteiger partial charge in [-0.3, -0.25) is 4.79 Å². The number of hydrogen-bond donors (Lipinski definition) is 1. The number of amides is 1. The van der Waals surface area contributed by atoms with Gasteiger partial charge in [0.15, 0.2) is 6.10 Å². The average molecular weight is 572 g/mol. The molecule has 226 valence electrons. The molecule has 13 nitrogen and oxygen atoms in total. The third kappa shape index (κ3) is 15.0. The van der Waals surface area contributed by atoms with Crippen molar-refractivity contribution in [3.8, 4) is 0 Å². The summed E-state index contributed by atoms with van der Waals surface area (Å²) in [6.45, 7) is 15.8. The van der Waals surface area contributed by atoms with Gasteiger partial charge in [0, 0.05) is 37.5 Å². The summed E-state index contributed by atoms with van der Waals surface area (Å²) in [5.74, 6) is -2.83. The number of ether oxygens (including phenoxy) is 7. The molecule has 0 aliphatic carbocycles. The average Bonchev–Trinajstić information content (AvgIpc) is 2.88. The highest BCUT2D eigenvalue weighted by Crippen LogP contribution is 2.27. The minimum atomic E-state index is -1.23. The van der Waals surface area contributed by atoms with E-state index in [0.29, 0.717) is 0 Å². The summed E-state index contributed by atoms with van der Waals surface area (Å²) in [5, 5.41) is 2.44. The predicted octanol–water partition coefficient (Wildman–Crippen LogP) is 2.04. The summed E-state index contributed by atoms with van der Waals surface area (Å²) >= 11 is 0. The van der Waals surface area contributed by atoms with Crippen molar-refractivity contribution in [1.29, 1.82) is 0 Å². The van der Waals surface area contributed by atoms with Gasteiger partial charge in [0.1, 0.15) is 32.5 Å². The smallest absolute Gasteiger partial charge is 0.407 e. The summed E-state index contributed by atoms with van der Waals surface area (Å²) in [6, 6.07) is 0. The Morgan fingerprint density at radius 2 is 1.23 bits per heavy atom. The topological polar surface area (TPSA) is 162 Å². The Labute approximate surface area is 234 Å². The van der Waals surface area contributed by atoms with Crippen LogP contribution in [0.15, 0.2) is 36.5 Å². The third-order valence-corrected chi connectivity index (χ3v) is 4.98. The van der Waals surface area contributed by atoms with Crippen molar-refractivity contribution in [3.05, 3.63) is 36.5 Å². The summed E-state index contributed by atoms with van der Waals surface area (Å²) in [6.07, 6.45) is -2.80. The van der Waals surface area contributed by atoms with Gasteiger partial charge in [0.2, 0.25) is 0 Å². The Kier molecular flexibility index (Phi) is 16.8. The highest BCUT2D eigenvalue weighted by molar-refractivity contribution is 5.89. The van der Waals surface area contributed by atoms with Gasteiger partial charge in [-0.05, 0) is 34.1 Å². The maximum absolute atomic E-state index is 12.8. The second kappa shape index (κ2) is 18.6. The zero-order valence-electron chi connectivity index (χ0n) is 24.1. The van der Waals surface area contributed by atoms with E-state index in [0.717, 1.165) is 0 Å². The maximum Gasteiger partial charge on any atom is 0.407 e. The van der Waals surface area contributed by atoms with Crippen LogP contribution in [-0.4, -0.2) is 96.0 Å². The largest absolute Gasteiger partial charge is 0.461 e. The van der Waals surface area contributed by atoms with Gasteiger partial charge in [-0.15, -0.1) is 0 Å². The molecule has 0 saturated carbocycles. The molecule has 2 atom stereocenters. The molecule has 1 N–H and O–H groups in total. The molecule has 0 aliphatic rings. The van der Waals surface area contributed by atoms with Crippen molar-refractivity contribution >= 4 is 30.0 Å². The molecule has 0 aliphatic heterocycles. The molecule has 0 spiro atoms. The fourth-order valence-electron chi connectivity index (χ4n) is 2.64. The lowest BCUT2D eigenvalue weighted by Crippen LogP contribution is -2.38. The van der Waals surface area contributed by atoms with E-state index in [1.165, 1.54) is 41.9 Å². The fourth-order valence-corrected chi connectivity index (χ4v) is 2.64. The van der Waals surface area contributed by atoms with E-state index >= 15 is 0 Å². The maximum atomic E-state index is 12.8. The Bertz CT molecular complexity index is 940. The molecule has 1 amide bonds. The molecule has 0 rings (SSSR count). The van der Waals surface area contributed by atoms with E-state index < -0.39 is 60.8 Å². The normalized spacial score (nSPS) is 12.2. The first-order valence-electron chi connectivity index (χ1n) is 12.3. The van der Waals surface area contributed by atoms with Crippen LogP contribution in [0.5, 0.6) is 0 Å². The molecule has 0 radical (unpaired) electrons. The number of rotatable bonds is 19. The molecule has 0 fully saturated rings. The first kappa shape index (κ1) is 36.3. The molecule has 0 aromatic carbocycles. The second-order valence-corrected chi connectivity index (χ2v) is 9.42. The van der Waals surface area contributed by atoms with Gasteiger partial charge in [0.25, 0.3) is 0 Å². The molecule has 0 heterocycles. The van der Waals surface area contributed by atoms with E-state index in [2.05, 4.69) is 25.1 Å². The quantitative estimate of drug-likeness (QED) is 0.104. The summed E-state index contributed by atoms with van der Waals surface area (Å²) in [4.78, 5) is 60.5. The minimum Gasteiger partial charge on any atom is -0.461 e. The zero-order chi connectivity index (χ0) is 30.9. The van der Waals surface area contributed by atoms with Crippen LogP contribution >= 0.6 is 0 Å². The summed E-state index contributed by atoms with van der Waals surface area (Å²) in [7, 11) is 2.82. The Hall–Kier alpha value is -3.71. The number of carbonyl (C=O) groups excluding carboxylic acids is 5. The van der Waals surface area contributed by atoms with E-state index in [4.69, 9.17) is 33.2 Å². The third-order valence-electron chi connectivity index (χ3n) is 4.98. The lowest BCUT2D eigenvalue weighted by Gasteiger charge is -2.25. The molecule has 2 unspecified atom stereocenters. The van der Waals surface area contributed by atoms with E-state index in [1.807, 2.05) is 0 Å². The molecule has 13 heteroatoms. The molecule has 0 saturated heterocycles. The minimum absolute atomic E-state index is 0.0172. The van der Waals surface area contributed by atoms with Gasteiger partial charge >= 0.3 is 30.0 Å². The molecule has 0 bridgehead atoms. The highest BCUT2D eigenvalue weighted by Gasteiger charge is 2.33. The number of esters is 4. The highest BCUT2D eigenvalue weighted by atomic mass is 16.6. The van der Waals surface area contributed by atoms with Crippen molar-refractivity contribution in [3.63, 3.8) is 0 Å². The zero-order valence-corrected chi connectivity index (χ0v) is 24.1. The van der Waals surface area contributed by atoms with E-state index in [9.17, 15) is 24.0 Å². The predicted molar refractivity (Wildman–Crippen MR) is 142 cm³/mol. The monoisotopic (exact) mass is 571 g/mol. The fraction of sp³-hybridized carbons (Fsp3) is 0.593. The summed E-state index contributed by atoms with van der Waals surface area (Å²) in [5.41, 5.74) is -0.897. The number of carbonyl (C=O) groups is 5. The van der Waals surface area contributed by atoms with Crippen molar-refractivity contribution in [2.24, 2.45) is 5.41 Å². The Balaban J connectivity index is 4.98. The van der Waals surface area contributed by atoms with Gasteiger partial charge < -0.3 is 38.5 Å². The summed E-state index contributed by atoms with van der Waals surface area (Å²) < 4.78 is 35.7. The molecular weight excluding hydrogens is 530 g/mol. The van der Waals surface area contributed by atoms with Crippen LogP contribution in [0.2, 0.25) is 0 Å². The van der Waals surface area contributed by atoms with Crippen LogP contribution in [0.25, 0.3) is 0 Å². The first-order chi connectivity index (χ1) is 18.6. The number of nitrogens with one attached hydrogen (secondary N) is 1. The Morgan fingerprint density at radius 3 is 1.70 bits per heavy atom. The van der Waals surface area contributed by atoms with Crippen molar-refractivity contribution in [2.75, 3.05) is 53.8 Å². The number of methoxy groups -OCH3 is 2. The van der Waals surface area contributed by atoms with Crippen LogP contribution in [0.4, 0.5) is 4.79 Å². The van der Waals surface area contributed by atoms with Crippen LogP contribution in [-0.2, 0) is 52.3 Å². The molecule has 40 heavy (non-hydrogen) atoms. The van der Waals surface area contributed by atoms with Crippen LogP contribution < -0.4 is 5.32 Å². The van der Waals surface area contributed by atoms with Crippen molar-refractivity contribution in [2.45, 2.75) is 46.3 Å². The number of hydrogen-bond acceptors (Lipinski definition) is 12. The number of alkyl carbamates (subject to hydrolysis) is 1. The second-order valence-electron chi connectivity index (χ2n) is 9.42. The van der Waals surface area contributed by atoms with Crippen LogP contribution in [0, 0.1) is 5.41 Å². The Morgan fingerprint density at radius 1 is 0.750 bits per heavy atom. The van der Waals surface area contributed by atoms with E-state index in [-0.39, 0.29) is 49.5 Å². The first-order valence-corrected chi connectivity index (χ1v) is 12.3. The lowest BCUT2D eigenvalue weighted by molar-refractivity contribution is -0.159. The van der Waals surface area contributed by atoms with Gasteiger partial charge in [-0.2, -0.15) is 0 Å². The molecule has 0 aromatic heterocycles. The van der Waals surface area contributed by atoms with Gasteiger partial charge in [-0.25, -0.2) is 19.2 Å². The molecule has 0 aromatic rings. The lowest BCUT2D eigenvalue weighted by atomic mass is 9.86. The van der Waals surface area contributed by atoms with Gasteiger partial charge in [-0.1, -0.05) is 19.7 Å². The van der Waals surface area contributed by atoms with Gasteiger partial charge in [0.05, 0.1) is 12.0 Å². The van der Waals surface area contributed by atoms with Crippen molar-refractivity contribution < 1.29 is 57.1 Å². The van der Waals surface area contributed by atoms with Crippen molar-refractivity contribution in [1.82, 2.24) is 5.32 Å². The van der Waals surface area contributed by atoms with Crippen LogP contribution in [0.3, 0.4) is 0 Å². The van der Waals surface area contributed by atoms with E-state index in [1.54, 1.807) is 0 Å². The van der Waals surface area contributed by atoms with Crippen LogP contribution in [0.1, 0.15) is 34.1 Å². The SMILES string of the molecule is C=C(C)C(=O)OCC(COC(=O)C(=C)CC(C)(C)C(=O)OCC(COC(=O)C(=C)C)OC(=O)NCCOC)OC. The molecular formula is C27H41NO12.